The lowest BCUT2D eigenvalue weighted by Crippen LogP contribution is -2.62. The molecule has 0 amide bonds. The first-order chi connectivity index (χ1) is 8.61. The summed E-state index contributed by atoms with van der Waals surface area (Å²) in [6, 6.07) is -1.14. The van der Waals surface area contributed by atoms with Crippen LogP contribution >= 0.6 is 0 Å². The zero-order valence-corrected chi connectivity index (χ0v) is 12.5. The Kier molecular flexibility index (Phi) is 3.68. The van der Waals surface area contributed by atoms with Crippen LogP contribution in [0.5, 0.6) is 0 Å². The first kappa shape index (κ1) is 14.8. The second-order valence-corrected chi connectivity index (χ2v) is 9.17. The Bertz CT molecular complexity index is 466. The molecule has 1 saturated heterocycles. The molecule has 4 atom stereocenters. The molecule has 1 saturated carbocycles. The number of carboxylic acid groups (broad SMARTS) is 1. The molecule has 0 aromatic heterocycles. The Morgan fingerprint density at radius 2 is 1.89 bits per heavy atom. The zero-order valence-electron chi connectivity index (χ0n) is 11.7. The van der Waals surface area contributed by atoms with Crippen molar-refractivity contribution in [3.8, 4) is 0 Å². The van der Waals surface area contributed by atoms with E-state index in [-0.39, 0.29) is 17.2 Å². The number of sulfone groups is 1. The molecule has 2 rings (SSSR count). The van der Waals surface area contributed by atoms with Crippen LogP contribution in [-0.4, -0.2) is 42.6 Å². The van der Waals surface area contributed by atoms with E-state index in [1.165, 1.54) is 0 Å². The van der Waals surface area contributed by atoms with Gasteiger partial charge in [0.25, 0.3) is 0 Å². The number of aliphatic carboxylic acids is 1. The van der Waals surface area contributed by atoms with Gasteiger partial charge in [-0.25, -0.2) is 8.42 Å². The summed E-state index contributed by atoms with van der Waals surface area (Å²) in [6.07, 6.45) is 2.35. The molecular weight excluding hydrogens is 266 g/mol. The average molecular weight is 289 g/mol. The lowest BCUT2D eigenvalue weighted by atomic mass is 9.71. The van der Waals surface area contributed by atoms with Crippen molar-refractivity contribution in [1.29, 1.82) is 0 Å². The van der Waals surface area contributed by atoms with Crippen molar-refractivity contribution in [2.24, 2.45) is 11.3 Å². The molecule has 110 valence electrons. The predicted molar refractivity (Wildman–Crippen MR) is 72.7 cm³/mol. The van der Waals surface area contributed by atoms with E-state index in [0.717, 1.165) is 12.8 Å². The van der Waals surface area contributed by atoms with Crippen LogP contribution in [0.2, 0.25) is 0 Å². The van der Waals surface area contributed by atoms with Gasteiger partial charge in [0.05, 0.1) is 11.0 Å². The molecule has 0 aromatic rings. The summed E-state index contributed by atoms with van der Waals surface area (Å²) in [4.78, 5) is 11.0. The Morgan fingerprint density at radius 3 is 2.42 bits per heavy atom. The van der Waals surface area contributed by atoms with E-state index in [2.05, 4.69) is 26.1 Å². The van der Waals surface area contributed by atoms with Crippen LogP contribution in [0.15, 0.2) is 0 Å². The summed E-state index contributed by atoms with van der Waals surface area (Å²) in [7, 11) is -3.31. The number of carbonyl (C=O) groups is 1. The van der Waals surface area contributed by atoms with Crippen molar-refractivity contribution >= 4 is 15.8 Å². The lowest BCUT2D eigenvalue weighted by Gasteiger charge is -2.45. The van der Waals surface area contributed by atoms with E-state index in [9.17, 15) is 13.2 Å². The average Bonchev–Trinajstić information content (AvgIpc) is 2.26. The van der Waals surface area contributed by atoms with Crippen molar-refractivity contribution in [2.75, 3.05) is 5.75 Å². The molecule has 5 nitrogen and oxygen atoms in total. The van der Waals surface area contributed by atoms with Crippen molar-refractivity contribution < 1.29 is 18.3 Å². The van der Waals surface area contributed by atoms with Gasteiger partial charge in [-0.15, -0.1) is 0 Å². The standard InChI is InChI=1S/C13H23NO4S/c1-13(2,3)8-4-5-9-11(6-8)19(17,18)7-10(14-9)12(15)16/h8-11,14H,4-7H2,1-3H3,(H,15,16). The van der Waals surface area contributed by atoms with Crippen LogP contribution in [0.3, 0.4) is 0 Å². The van der Waals surface area contributed by atoms with Gasteiger partial charge >= 0.3 is 5.97 Å². The topological polar surface area (TPSA) is 83.5 Å². The first-order valence-electron chi connectivity index (χ1n) is 6.81. The number of hydrogen-bond donors (Lipinski definition) is 2. The fraction of sp³-hybridized carbons (Fsp3) is 0.923. The maximum atomic E-state index is 12.3. The van der Waals surface area contributed by atoms with E-state index in [4.69, 9.17) is 5.11 Å². The van der Waals surface area contributed by atoms with Crippen LogP contribution in [0.25, 0.3) is 0 Å². The summed E-state index contributed by atoms with van der Waals surface area (Å²) in [5.41, 5.74) is 0.101. The molecule has 0 bridgehead atoms. The maximum Gasteiger partial charge on any atom is 0.321 e. The quantitative estimate of drug-likeness (QED) is 0.753. The van der Waals surface area contributed by atoms with Gasteiger partial charge in [-0.05, 0) is 30.6 Å². The molecule has 0 spiro atoms. The molecule has 19 heavy (non-hydrogen) atoms. The molecule has 1 aliphatic heterocycles. The second-order valence-electron chi connectivity index (χ2n) is 6.91. The van der Waals surface area contributed by atoms with Crippen LogP contribution in [-0.2, 0) is 14.6 Å². The lowest BCUT2D eigenvalue weighted by molar-refractivity contribution is -0.139. The number of rotatable bonds is 1. The highest BCUT2D eigenvalue weighted by Crippen LogP contribution is 2.41. The third-order valence-corrected chi connectivity index (χ3v) is 6.83. The molecule has 1 heterocycles. The van der Waals surface area contributed by atoms with Crippen LogP contribution in [0, 0.1) is 11.3 Å². The van der Waals surface area contributed by atoms with E-state index in [0.29, 0.717) is 12.3 Å². The predicted octanol–water partition coefficient (Wildman–Crippen LogP) is 1.04. The van der Waals surface area contributed by atoms with Gasteiger partial charge in [-0.1, -0.05) is 20.8 Å². The smallest absolute Gasteiger partial charge is 0.321 e. The molecule has 2 aliphatic rings. The molecule has 0 aromatic carbocycles. The van der Waals surface area contributed by atoms with Gasteiger partial charge in [-0.2, -0.15) is 0 Å². The van der Waals surface area contributed by atoms with Gasteiger partial charge in [0.1, 0.15) is 6.04 Å². The molecular formula is C13H23NO4S. The van der Waals surface area contributed by atoms with Crippen molar-refractivity contribution in [1.82, 2.24) is 5.32 Å². The fourth-order valence-corrected chi connectivity index (χ4v) is 5.50. The van der Waals surface area contributed by atoms with E-state index >= 15 is 0 Å². The molecule has 2 fully saturated rings. The Balaban J connectivity index is 2.20. The molecule has 1 aliphatic carbocycles. The number of fused-ring (bicyclic) bond motifs is 1. The highest BCUT2D eigenvalue weighted by molar-refractivity contribution is 7.92. The normalized spacial score (nSPS) is 38.5. The number of nitrogens with one attached hydrogen (secondary N) is 1. The summed E-state index contributed by atoms with van der Waals surface area (Å²) >= 11 is 0. The largest absolute Gasteiger partial charge is 0.480 e. The third-order valence-electron chi connectivity index (χ3n) is 4.59. The summed E-state index contributed by atoms with van der Waals surface area (Å²) in [6.45, 7) is 6.42. The van der Waals surface area contributed by atoms with Crippen LogP contribution in [0.4, 0.5) is 0 Å². The summed E-state index contributed by atoms with van der Waals surface area (Å²) in [5.74, 6) is -0.966. The van der Waals surface area contributed by atoms with E-state index in [1.54, 1.807) is 0 Å². The highest BCUT2D eigenvalue weighted by Gasteiger charge is 2.47. The molecule has 2 N–H and O–H groups in total. The fourth-order valence-electron chi connectivity index (χ4n) is 3.31. The molecule has 0 radical (unpaired) electrons. The van der Waals surface area contributed by atoms with Gasteiger partial charge in [0.15, 0.2) is 9.84 Å². The first-order valence-corrected chi connectivity index (χ1v) is 8.53. The van der Waals surface area contributed by atoms with Crippen LogP contribution < -0.4 is 5.32 Å². The number of hydrogen-bond acceptors (Lipinski definition) is 4. The monoisotopic (exact) mass is 289 g/mol. The van der Waals surface area contributed by atoms with E-state index in [1.807, 2.05) is 0 Å². The van der Waals surface area contributed by atoms with Gasteiger partial charge in [0.2, 0.25) is 0 Å². The van der Waals surface area contributed by atoms with Crippen molar-refractivity contribution in [3.63, 3.8) is 0 Å². The third kappa shape index (κ3) is 2.94. The minimum absolute atomic E-state index is 0.101. The summed E-state index contributed by atoms with van der Waals surface area (Å²) in [5, 5.41) is 11.6. The second kappa shape index (κ2) is 4.74. The Labute approximate surface area is 114 Å². The SMILES string of the molecule is CC(C)(C)C1CCC2NC(C(=O)O)CS(=O)(=O)C2C1. The van der Waals surface area contributed by atoms with E-state index < -0.39 is 27.1 Å². The van der Waals surface area contributed by atoms with Crippen molar-refractivity contribution in [2.45, 2.75) is 57.4 Å². The van der Waals surface area contributed by atoms with Gasteiger partial charge in [-0.3, -0.25) is 10.1 Å². The number of carboxylic acids is 1. The summed E-state index contributed by atoms with van der Waals surface area (Å²) < 4.78 is 24.6. The maximum absolute atomic E-state index is 12.3. The van der Waals surface area contributed by atoms with Gasteiger partial charge in [0, 0.05) is 6.04 Å². The Morgan fingerprint density at radius 1 is 1.26 bits per heavy atom. The molecule has 6 heteroatoms. The van der Waals surface area contributed by atoms with Crippen molar-refractivity contribution in [3.05, 3.63) is 0 Å². The Hall–Kier alpha value is -0.620. The minimum Gasteiger partial charge on any atom is -0.480 e. The van der Waals surface area contributed by atoms with Gasteiger partial charge < -0.3 is 5.11 Å². The zero-order chi connectivity index (χ0) is 14.4. The molecule has 4 unspecified atom stereocenters. The minimum atomic E-state index is -3.31. The highest BCUT2D eigenvalue weighted by atomic mass is 32.2. The van der Waals surface area contributed by atoms with Crippen LogP contribution in [0.1, 0.15) is 40.0 Å².